The van der Waals surface area contributed by atoms with Crippen molar-refractivity contribution in [2.24, 2.45) is 0 Å². The maximum atomic E-state index is 12.7. The summed E-state index contributed by atoms with van der Waals surface area (Å²) in [6.45, 7) is 0.470. The van der Waals surface area contributed by atoms with E-state index < -0.39 is 24.1 Å². The van der Waals surface area contributed by atoms with Crippen LogP contribution in [0.2, 0.25) is 0 Å². The Labute approximate surface area is 211 Å². The summed E-state index contributed by atoms with van der Waals surface area (Å²) in [6.07, 6.45) is -0.672. The smallest absolute Gasteiger partial charge is 0.408 e. The number of ether oxygens (including phenoxy) is 2. The number of benzene rings is 2. The molecule has 0 bridgehead atoms. The lowest BCUT2D eigenvalue weighted by Gasteiger charge is -2.17. The summed E-state index contributed by atoms with van der Waals surface area (Å²) >= 11 is 6.07. The van der Waals surface area contributed by atoms with E-state index in [4.69, 9.17) is 21.7 Å². The molecular weight excluding hydrogens is 490 g/mol. The highest BCUT2D eigenvalue weighted by atomic mass is 32.1. The minimum absolute atomic E-state index is 0.0660. The summed E-state index contributed by atoms with van der Waals surface area (Å²) in [5.74, 6) is -0.480. The van der Waals surface area contributed by atoms with Crippen molar-refractivity contribution in [1.82, 2.24) is 20.8 Å². The summed E-state index contributed by atoms with van der Waals surface area (Å²) in [6, 6.07) is 17.6. The summed E-state index contributed by atoms with van der Waals surface area (Å²) in [4.78, 5) is 37.0. The molecule has 3 rings (SSSR count). The predicted molar refractivity (Wildman–Crippen MR) is 133 cm³/mol. The van der Waals surface area contributed by atoms with Crippen molar-refractivity contribution < 1.29 is 23.9 Å². The predicted octanol–water partition coefficient (Wildman–Crippen LogP) is 4.14. The van der Waals surface area contributed by atoms with Crippen molar-refractivity contribution in [2.75, 3.05) is 11.9 Å². The first kappa shape index (κ1) is 25.8. The van der Waals surface area contributed by atoms with Crippen LogP contribution in [0.4, 0.5) is 14.7 Å². The molecule has 0 spiro atoms. The number of nitrogens with zero attached hydrogens (tertiary/aromatic N) is 1. The number of amides is 3. The van der Waals surface area contributed by atoms with Gasteiger partial charge in [-0.05, 0) is 36.2 Å². The molecule has 3 aromatic rings. The van der Waals surface area contributed by atoms with Crippen molar-refractivity contribution >= 4 is 46.8 Å². The standard InChI is InChI=1S/C23H25N5O5S2/c29-19(26-20-27-28-23(34)35-20)18(25-22(31)33-15-17-10-5-2-6-11-17)12-7-13-24-21(30)32-14-16-8-3-1-4-9-16/h1-6,8-11,18H,7,12-15H2,(H,24,30)(H,25,31)(H,28,34)(H,26,27,29). The molecule has 0 aliphatic heterocycles. The Morgan fingerprint density at radius 2 is 1.54 bits per heavy atom. The lowest BCUT2D eigenvalue weighted by Crippen LogP contribution is -2.44. The lowest BCUT2D eigenvalue weighted by atomic mass is 10.1. The van der Waals surface area contributed by atoms with Gasteiger partial charge in [-0.25, -0.2) is 9.59 Å². The highest BCUT2D eigenvalue weighted by Crippen LogP contribution is 2.12. The van der Waals surface area contributed by atoms with Crippen LogP contribution in [0.3, 0.4) is 0 Å². The number of nitrogens with one attached hydrogen (secondary N) is 4. The Balaban J connectivity index is 1.47. The van der Waals surface area contributed by atoms with Gasteiger partial charge < -0.3 is 20.1 Å². The Kier molecular flexibility index (Phi) is 10.2. The van der Waals surface area contributed by atoms with Crippen molar-refractivity contribution in [3.8, 4) is 0 Å². The van der Waals surface area contributed by atoms with Crippen LogP contribution in [0.5, 0.6) is 0 Å². The number of H-pyrrole nitrogens is 1. The van der Waals surface area contributed by atoms with Gasteiger partial charge in [0.2, 0.25) is 11.0 Å². The molecule has 0 saturated carbocycles. The number of carbonyl (C=O) groups excluding carboxylic acids is 3. The summed E-state index contributed by atoms with van der Waals surface area (Å²) in [7, 11) is 0. The zero-order chi connectivity index (χ0) is 24.9. The van der Waals surface area contributed by atoms with Gasteiger partial charge in [0.05, 0.1) is 0 Å². The highest BCUT2D eigenvalue weighted by molar-refractivity contribution is 7.73. The van der Waals surface area contributed by atoms with Crippen LogP contribution in [0.15, 0.2) is 60.7 Å². The molecule has 0 aliphatic rings. The zero-order valence-electron chi connectivity index (χ0n) is 18.7. The fourth-order valence-electron chi connectivity index (χ4n) is 2.92. The van der Waals surface area contributed by atoms with E-state index in [1.54, 1.807) is 0 Å². The van der Waals surface area contributed by atoms with Gasteiger partial charge in [-0.3, -0.25) is 15.2 Å². The number of hydrogen-bond donors (Lipinski definition) is 4. The first-order chi connectivity index (χ1) is 17.0. The molecule has 0 fully saturated rings. The summed E-state index contributed by atoms with van der Waals surface area (Å²) in [5, 5.41) is 14.6. The largest absolute Gasteiger partial charge is 0.445 e. The molecule has 35 heavy (non-hydrogen) atoms. The van der Waals surface area contributed by atoms with Crippen LogP contribution < -0.4 is 16.0 Å². The van der Waals surface area contributed by atoms with Gasteiger partial charge in [-0.1, -0.05) is 72.0 Å². The summed E-state index contributed by atoms with van der Waals surface area (Å²) < 4.78 is 10.8. The highest BCUT2D eigenvalue weighted by Gasteiger charge is 2.22. The van der Waals surface area contributed by atoms with Gasteiger partial charge in [0.15, 0.2) is 3.95 Å². The van der Waals surface area contributed by atoms with Gasteiger partial charge in [0.1, 0.15) is 19.3 Å². The second-order valence-corrected chi connectivity index (χ2v) is 8.96. The molecule has 1 unspecified atom stereocenters. The number of aromatic amines is 1. The zero-order valence-corrected chi connectivity index (χ0v) is 20.3. The molecule has 10 nitrogen and oxygen atoms in total. The van der Waals surface area contributed by atoms with E-state index >= 15 is 0 Å². The average Bonchev–Trinajstić information content (AvgIpc) is 3.28. The molecular formula is C23H25N5O5S2. The summed E-state index contributed by atoms with van der Waals surface area (Å²) in [5.41, 5.74) is 1.69. The minimum atomic E-state index is -0.919. The quantitative estimate of drug-likeness (QED) is 0.223. The van der Waals surface area contributed by atoms with Crippen LogP contribution >= 0.6 is 23.6 Å². The molecule has 1 atom stereocenters. The van der Waals surface area contributed by atoms with Crippen LogP contribution in [-0.2, 0) is 27.5 Å². The second-order valence-electron chi connectivity index (χ2n) is 7.30. The van der Waals surface area contributed by atoms with E-state index in [0.29, 0.717) is 10.4 Å². The number of rotatable bonds is 11. The van der Waals surface area contributed by atoms with Crippen molar-refractivity contribution in [2.45, 2.75) is 32.1 Å². The third kappa shape index (κ3) is 9.55. The first-order valence-electron chi connectivity index (χ1n) is 10.8. The Hall–Kier alpha value is -3.77. The minimum Gasteiger partial charge on any atom is -0.445 e. The SMILES string of the molecule is O=C(NCCCC(NC(=O)OCc1ccccc1)C(=O)Nc1n[nH]c(=S)s1)OCc1ccccc1. The fraction of sp³-hybridized carbons (Fsp3) is 0.261. The maximum absolute atomic E-state index is 12.7. The van der Waals surface area contributed by atoms with E-state index in [1.807, 2.05) is 60.7 Å². The van der Waals surface area contributed by atoms with E-state index in [9.17, 15) is 14.4 Å². The van der Waals surface area contributed by atoms with Gasteiger partial charge in [0, 0.05) is 6.54 Å². The third-order valence-electron chi connectivity index (χ3n) is 4.64. The van der Waals surface area contributed by atoms with E-state index in [2.05, 4.69) is 26.1 Å². The van der Waals surface area contributed by atoms with Crippen molar-refractivity contribution in [3.63, 3.8) is 0 Å². The second kappa shape index (κ2) is 13.8. The molecule has 0 aliphatic carbocycles. The molecule has 4 N–H and O–H groups in total. The van der Waals surface area contributed by atoms with E-state index in [-0.39, 0.29) is 31.3 Å². The normalized spacial score (nSPS) is 11.2. The Bertz CT molecular complexity index is 1150. The molecule has 0 saturated heterocycles. The first-order valence-corrected chi connectivity index (χ1v) is 12.0. The van der Waals surface area contributed by atoms with Crippen LogP contribution in [0, 0.1) is 3.95 Å². The van der Waals surface area contributed by atoms with Gasteiger partial charge in [-0.2, -0.15) is 0 Å². The third-order valence-corrected chi connectivity index (χ3v) is 5.65. The number of hydrogen-bond acceptors (Lipinski definition) is 8. The number of aromatic nitrogens is 2. The number of alkyl carbamates (subject to hydrolysis) is 2. The average molecular weight is 516 g/mol. The molecule has 184 valence electrons. The van der Waals surface area contributed by atoms with E-state index in [1.165, 1.54) is 0 Å². The van der Waals surface area contributed by atoms with Crippen LogP contribution in [-0.4, -0.2) is 40.9 Å². The van der Waals surface area contributed by atoms with Gasteiger partial charge in [0.25, 0.3) is 0 Å². The molecule has 2 aromatic carbocycles. The van der Waals surface area contributed by atoms with Gasteiger partial charge in [-0.15, -0.1) is 5.10 Å². The molecule has 12 heteroatoms. The molecule has 1 aromatic heterocycles. The van der Waals surface area contributed by atoms with Crippen molar-refractivity contribution in [1.29, 1.82) is 0 Å². The number of carbonyl (C=O) groups is 3. The maximum Gasteiger partial charge on any atom is 0.408 e. The monoisotopic (exact) mass is 515 g/mol. The Morgan fingerprint density at radius 3 is 2.11 bits per heavy atom. The fourth-order valence-corrected chi connectivity index (χ4v) is 3.71. The van der Waals surface area contributed by atoms with E-state index in [0.717, 1.165) is 22.5 Å². The Morgan fingerprint density at radius 1 is 0.943 bits per heavy atom. The van der Waals surface area contributed by atoms with Crippen LogP contribution in [0.1, 0.15) is 24.0 Å². The van der Waals surface area contributed by atoms with Crippen molar-refractivity contribution in [3.05, 3.63) is 75.7 Å². The molecule has 0 radical (unpaired) electrons. The van der Waals surface area contributed by atoms with Crippen LogP contribution in [0.25, 0.3) is 0 Å². The molecule has 3 amide bonds. The van der Waals surface area contributed by atoms with Gasteiger partial charge >= 0.3 is 12.2 Å². The number of anilines is 1. The topological polar surface area (TPSA) is 134 Å². The molecule has 1 heterocycles. The lowest BCUT2D eigenvalue weighted by molar-refractivity contribution is -0.118.